The van der Waals surface area contributed by atoms with Gasteiger partial charge in [-0.25, -0.2) is 4.39 Å². The Kier molecular flexibility index (Phi) is 5.77. The molecule has 0 aliphatic carbocycles. The molecule has 94 valence electrons. The van der Waals surface area contributed by atoms with E-state index in [1.54, 1.807) is 0 Å². The van der Waals surface area contributed by atoms with E-state index in [0.29, 0.717) is 18.8 Å². The fraction of sp³-hybridized carbons (Fsp3) is 0.417. The summed E-state index contributed by atoms with van der Waals surface area (Å²) >= 11 is 5.59. The number of unbranched alkanes of at least 4 members (excludes halogenated alkanes) is 2. The molecule has 0 unspecified atom stereocenters. The van der Waals surface area contributed by atoms with E-state index in [1.807, 2.05) is 0 Å². The van der Waals surface area contributed by atoms with Crippen LogP contribution >= 0.6 is 11.6 Å². The highest BCUT2D eigenvalue weighted by Crippen LogP contribution is 2.21. The maximum absolute atomic E-state index is 12.8. The summed E-state index contributed by atoms with van der Waals surface area (Å²) in [6.07, 6.45) is 2.38. The lowest BCUT2D eigenvalue weighted by Gasteiger charge is -2.06. The lowest BCUT2D eigenvalue weighted by molar-refractivity contribution is -0.137. The van der Waals surface area contributed by atoms with Gasteiger partial charge in [-0.3, -0.25) is 4.79 Å². The maximum Gasteiger partial charge on any atom is 0.303 e. The van der Waals surface area contributed by atoms with E-state index in [0.717, 1.165) is 12.8 Å². The lowest BCUT2D eigenvalue weighted by Crippen LogP contribution is -1.99. The van der Waals surface area contributed by atoms with E-state index < -0.39 is 11.8 Å². The van der Waals surface area contributed by atoms with Gasteiger partial charge in [-0.15, -0.1) is 0 Å². The quantitative estimate of drug-likeness (QED) is 0.763. The van der Waals surface area contributed by atoms with Gasteiger partial charge in [0, 0.05) is 12.5 Å². The van der Waals surface area contributed by atoms with Crippen LogP contribution in [0.1, 0.15) is 25.7 Å². The van der Waals surface area contributed by atoms with Crippen molar-refractivity contribution in [2.45, 2.75) is 25.7 Å². The van der Waals surface area contributed by atoms with Crippen LogP contribution < -0.4 is 4.74 Å². The van der Waals surface area contributed by atoms with Gasteiger partial charge in [-0.1, -0.05) is 11.6 Å². The normalized spacial score (nSPS) is 10.2. The second-order valence-corrected chi connectivity index (χ2v) is 4.04. The SMILES string of the molecule is O=C(O)CCCCCOc1ccc(F)c(Cl)c1. The number of carbonyl (C=O) groups is 1. The Morgan fingerprint density at radius 1 is 1.35 bits per heavy atom. The molecule has 1 N–H and O–H groups in total. The van der Waals surface area contributed by atoms with E-state index >= 15 is 0 Å². The van der Waals surface area contributed by atoms with Gasteiger partial charge in [-0.05, 0) is 31.4 Å². The average molecular weight is 261 g/mol. The smallest absolute Gasteiger partial charge is 0.303 e. The number of hydrogen-bond acceptors (Lipinski definition) is 2. The summed E-state index contributed by atoms with van der Waals surface area (Å²) in [4.78, 5) is 10.2. The summed E-state index contributed by atoms with van der Waals surface area (Å²) in [7, 11) is 0. The number of aliphatic carboxylic acids is 1. The minimum absolute atomic E-state index is 0.0355. The van der Waals surface area contributed by atoms with Crippen LogP contribution in [0, 0.1) is 5.82 Å². The standard InChI is InChI=1S/C12H14ClFO3/c13-10-8-9(5-6-11(10)14)17-7-3-1-2-4-12(15)16/h5-6,8H,1-4,7H2,(H,15,16). The molecule has 0 saturated carbocycles. The summed E-state index contributed by atoms with van der Waals surface area (Å²) < 4.78 is 18.2. The number of benzene rings is 1. The van der Waals surface area contributed by atoms with E-state index in [4.69, 9.17) is 21.4 Å². The fourth-order valence-corrected chi connectivity index (χ4v) is 1.48. The molecule has 0 aliphatic heterocycles. The zero-order valence-corrected chi connectivity index (χ0v) is 10.0. The molecule has 1 rings (SSSR count). The molecule has 0 amide bonds. The second kappa shape index (κ2) is 7.12. The number of ether oxygens (including phenoxy) is 1. The van der Waals surface area contributed by atoms with Gasteiger partial charge in [0.15, 0.2) is 0 Å². The van der Waals surface area contributed by atoms with Crippen molar-refractivity contribution >= 4 is 17.6 Å². The Morgan fingerprint density at radius 2 is 2.12 bits per heavy atom. The molecule has 0 aliphatic rings. The third-order valence-electron chi connectivity index (χ3n) is 2.19. The molecule has 0 heterocycles. The number of carboxylic acids is 1. The monoisotopic (exact) mass is 260 g/mol. The predicted octanol–water partition coefficient (Wildman–Crippen LogP) is 3.50. The molecule has 0 fully saturated rings. The first-order valence-corrected chi connectivity index (χ1v) is 5.77. The highest BCUT2D eigenvalue weighted by Gasteiger charge is 2.01. The molecular formula is C12H14ClFO3. The van der Waals surface area contributed by atoms with Crippen LogP contribution in [0.2, 0.25) is 5.02 Å². The van der Waals surface area contributed by atoms with Crippen molar-refractivity contribution in [3.05, 3.63) is 29.0 Å². The molecule has 17 heavy (non-hydrogen) atoms. The Bertz CT molecular complexity index is 382. The van der Waals surface area contributed by atoms with Crippen LogP contribution in [-0.4, -0.2) is 17.7 Å². The zero-order valence-electron chi connectivity index (χ0n) is 9.29. The average Bonchev–Trinajstić information content (AvgIpc) is 2.27. The minimum Gasteiger partial charge on any atom is -0.494 e. The molecule has 0 spiro atoms. The first-order chi connectivity index (χ1) is 8.09. The minimum atomic E-state index is -0.781. The molecule has 0 saturated heterocycles. The molecule has 0 bridgehead atoms. The van der Waals surface area contributed by atoms with Crippen LogP contribution in [0.15, 0.2) is 18.2 Å². The summed E-state index contributed by atoms with van der Waals surface area (Å²) in [6.45, 7) is 0.474. The van der Waals surface area contributed by atoms with Crippen molar-refractivity contribution in [1.29, 1.82) is 0 Å². The Hall–Kier alpha value is -1.29. The zero-order chi connectivity index (χ0) is 12.7. The van der Waals surface area contributed by atoms with Crippen LogP contribution in [0.5, 0.6) is 5.75 Å². The van der Waals surface area contributed by atoms with Gasteiger partial charge in [0.2, 0.25) is 0 Å². The van der Waals surface area contributed by atoms with Gasteiger partial charge in [0.25, 0.3) is 0 Å². The Labute approximate surface area is 104 Å². The van der Waals surface area contributed by atoms with E-state index in [9.17, 15) is 9.18 Å². The predicted molar refractivity (Wildman–Crippen MR) is 63.0 cm³/mol. The van der Waals surface area contributed by atoms with E-state index in [-0.39, 0.29) is 11.4 Å². The van der Waals surface area contributed by atoms with Gasteiger partial charge in [-0.2, -0.15) is 0 Å². The van der Waals surface area contributed by atoms with Gasteiger partial charge in [0.1, 0.15) is 11.6 Å². The number of hydrogen-bond donors (Lipinski definition) is 1. The summed E-state index contributed by atoms with van der Waals surface area (Å²) in [5.74, 6) is -0.730. The second-order valence-electron chi connectivity index (χ2n) is 3.63. The maximum atomic E-state index is 12.8. The van der Waals surface area contributed by atoms with Crippen LogP contribution in [0.4, 0.5) is 4.39 Å². The van der Waals surface area contributed by atoms with Crippen LogP contribution in [0.25, 0.3) is 0 Å². The molecule has 5 heteroatoms. The van der Waals surface area contributed by atoms with Crippen molar-refractivity contribution < 1.29 is 19.0 Å². The largest absolute Gasteiger partial charge is 0.494 e. The third-order valence-corrected chi connectivity index (χ3v) is 2.48. The first-order valence-electron chi connectivity index (χ1n) is 5.39. The molecule has 1 aromatic carbocycles. The molecule has 0 aromatic heterocycles. The number of carboxylic acid groups (broad SMARTS) is 1. The topological polar surface area (TPSA) is 46.5 Å². The summed E-state index contributed by atoms with van der Waals surface area (Å²) in [5, 5.41) is 8.46. The van der Waals surface area contributed by atoms with Gasteiger partial charge in [0.05, 0.1) is 11.6 Å². The van der Waals surface area contributed by atoms with Crippen molar-refractivity contribution in [3.63, 3.8) is 0 Å². The van der Waals surface area contributed by atoms with Crippen molar-refractivity contribution in [2.24, 2.45) is 0 Å². The third kappa shape index (κ3) is 5.54. The number of halogens is 2. The Balaban J connectivity index is 2.18. The molecule has 0 radical (unpaired) electrons. The lowest BCUT2D eigenvalue weighted by atomic mass is 10.2. The van der Waals surface area contributed by atoms with E-state index in [2.05, 4.69) is 0 Å². The van der Waals surface area contributed by atoms with Crippen molar-refractivity contribution in [2.75, 3.05) is 6.61 Å². The first kappa shape index (κ1) is 13.8. The fourth-order valence-electron chi connectivity index (χ4n) is 1.31. The number of rotatable bonds is 7. The molecule has 1 aromatic rings. The molecule has 3 nitrogen and oxygen atoms in total. The molecular weight excluding hydrogens is 247 g/mol. The van der Waals surface area contributed by atoms with Crippen LogP contribution in [-0.2, 0) is 4.79 Å². The van der Waals surface area contributed by atoms with Crippen LogP contribution in [0.3, 0.4) is 0 Å². The Morgan fingerprint density at radius 3 is 2.76 bits per heavy atom. The summed E-state index contributed by atoms with van der Waals surface area (Å²) in [6, 6.07) is 4.19. The summed E-state index contributed by atoms with van der Waals surface area (Å²) in [5.41, 5.74) is 0. The van der Waals surface area contributed by atoms with Crippen molar-refractivity contribution in [1.82, 2.24) is 0 Å². The van der Waals surface area contributed by atoms with Gasteiger partial charge < -0.3 is 9.84 Å². The van der Waals surface area contributed by atoms with Gasteiger partial charge >= 0.3 is 5.97 Å². The highest BCUT2D eigenvalue weighted by molar-refractivity contribution is 6.30. The van der Waals surface area contributed by atoms with E-state index in [1.165, 1.54) is 18.2 Å². The van der Waals surface area contributed by atoms with Crippen molar-refractivity contribution in [3.8, 4) is 5.75 Å². The highest BCUT2D eigenvalue weighted by atomic mass is 35.5. The molecule has 0 atom stereocenters.